The fourth-order valence-corrected chi connectivity index (χ4v) is 7.54. The molecule has 6 rings (SSSR count). The molecule has 8 nitrogen and oxygen atoms in total. The minimum atomic E-state index is -1.17. The average molecular weight is 667 g/mol. The molecule has 2 atom stereocenters. The third-order valence-corrected chi connectivity index (χ3v) is 10.4. The number of rotatable bonds is 11. The van der Waals surface area contributed by atoms with Crippen molar-refractivity contribution < 1.29 is 29.0 Å². The zero-order chi connectivity index (χ0) is 34.5. The van der Waals surface area contributed by atoms with Crippen LogP contribution in [0, 0.1) is 5.92 Å². The molecular formula is C41H50N2O6. The van der Waals surface area contributed by atoms with Crippen LogP contribution in [0.4, 0.5) is 0 Å². The maximum absolute atomic E-state index is 14.2. The lowest BCUT2D eigenvalue weighted by molar-refractivity contribution is -0.145. The number of hydrogen-bond donors (Lipinski definition) is 2. The molecule has 1 unspecified atom stereocenters. The molecule has 1 aliphatic heterocycles. The van der Waals surface area contributed by atoms with Gasteiger partial charge in [-0.25, -0.2) is 4.79 Å². The number of aliphatic carboxylic acids is 1. The number of amides is 2. The fourth-order valence-electron chi connectivity index (χ4n) is 7.54. The molecule has 0 radical (unpaired) electrons. The first-order valence-electron chi connectivity index (χ1n) is 18.0. The molecule has 2 amide bonds. The topological polar surface area (TPSA) is 105 Å². The normalized spacial score (nSPS) is 18.9. The smallest absolute Gasteiger partial charge is 0.326 e. The highest BCUT2D eigenvalue weighted by Crippen LogP contribution is 2.37. The lowest BCUT2D eigenvalue weighted by Gasteiger charge is -2.37. The Morgan fingerprint density at radius 3 is 2.14 bits per heavy atom. The van der Waals surface area contributed by atoms with Gasteiger partial charge in [0.05, 0.1) is 6.10 Å². The molecule has 1 heterocycles. The maximum Gasteiger partial charge on any atom is 0.326 e. The van der Waals surface area contributed by atoms with E-state index in [0.717, 1.165) is 55.4 Å². The summed E-state index contributed by atoms with van der Waals surface area (Å²) < 4.78 is 12.3. The number of fused-ring (bicyclic) bond motifs is 1. The molecule has 8 heteroatoms. The van der Waals surface area contributed by atoms with Crippen molar-refractivity contribution in [3.05, 3.63) is 89.0 Å². The number of hydrogen-bond acceptors (Lipinski definition) is 5. The van der Waals surface area contributed by atoms with Gasteiger partial charge in [0.15, 0.2) is 0 Å². The van der Waals surface area contributed by atoms with Gasteiger partial charge in [-0.15, -0.1) is 0 Å². The molecule has 2 fully saturated rings. The summed E-state index contributed by atoms with van der Waals surface area (Å²) in [4.78, 5) is 42.2. The number of nitrogens with zero attached hydrogens (tertiary/aromatic N) is 1. The molecule has 0 bridgehead atoms. The summed E-state index contributed by atoms with van der Waals surface area (Å²) in [6.07, 6.45) is 10.1. The molecule has 0 aromatic heterocycles. The van der Waals surface area contributed by atoms with E-state index in [4.69, 9.17) is 9.47 Å². The molecule has 49 heavy (non-hydrogen) atoms. The molecule has 0 spiro atoms. The Morgan fingerprint density at radius 1 is 0.857 bits per heavy atom. The Morgan fingerprint density at radius 2 is 1.49 bits per heavy atom. The largest absolute Gasteiger partial charge is 0.490 e. The van der Waals surface area contributed by atoms with Gasteiger partial charge in [-0.3, -0.25) is 9.59 Å². The van der Waals surface area contributed by atoms with Crippen LogP contribution in [0.25, 0.3) is 0 Å². The molecule has 0 saturated heterocycles. The van der Waals surface area contributed by atoms with Crippen LogP contribution in [0.3, 0.4) is 0 Å². The van der Waals surface area contributed by atoms with Crippen molar-refractivity contribution >= 4 is 17.8 Å². The number of carboxylic acids is 1. The van der Waals surface area contributed by atoms with Crippen LogP contribution in [0.5, 0.6) is 17.2 Å². The second-order valence-corrected chi connectivity index (χ2v) is 15.1. The Hall–Kier alpha value is -4.33. The molecule has 2 saturated carbocycles. The van der Waals surface area contributed by atoms with Crippen molar-refractivity contribution in [2.45, 2.75) is 115 Å². The lowest BCUT2D eigenvalue weighted by atomic mass is 9.87. The fraction of sp³-hybridized carbons (Fsp3) is 0.488. The van der Waals surface area contributed by atoms with Crippen molar-refractivity contribution in [3.8, 4) is 17.2 Å². The van der Waals surface area contributed by atoms with Crippen molar-refractivity contribution in [1.82, 2.24) is 10.2 Å². The second-order valence-electron chi connectivity index (χ2n) is 15.1. The van der Waals surface area contributed by atoms with Crippen molar-refractivity contribution in [1.29, 1.82) is 0 Å². The van der Waals surface area contributed by atoms with Crippen LogP contribution in [-0.2, 0) is 32.6 Å². The van der Waals surface area contributed by atoms with E-state index in [1.165, 1.54) is 18.4 Å². The van der Waals surface area contributed by atoms with Crippen LogP contribution in [0.1, 0.15) is 107 Å². The second kappa shape index (κ2) is 15.1. The number of carbonyl (C=O) groups is 3. The summed E-state index contributed by atoms with van der Waals surface area (Å²) in [6, 6.07) is 19.0. The first-order valence-corrected chi connectivity index (χ1v) is 18.0. The Balaban J connectivity index is 1.23. The minimum Gasteiger partial charge on any atom is -0.490 e. The van der Waals surface area contributed by atoms with Crippen LogP contribution in [0.15, 0.2) is 66.7 Å². The predicted molar refractivity (Wildman–Crippen MR) is 189 cm³/mol. The summed E-state index contributed by atoms with van der Waals surface area (Å²) >= 11 is 0. The van der Waals surface area contributed by atoms with Crippen LogP contribution >= 0.6 is 0 Å². The van der Waals surface area contributed by atoms with Gasteiger partial charge in [-0.1, -0.05) is 63.9 Å². The summed E-state index contributed by atoms with van der Waals surface area (Å²) in [5.41, 5.74) is 3.60. The third kappa shape index (κ3) is 8.64. The van der Waals surface area contributed by atoms with Crippen molar-refractivity contribution in [2.75, 3.05) is 6.54 Å². The summed E-state index contributed by atoms with van der Waals surface area (Å²) in [5.74, 6) is 0.618. The van der Waals surface area contributed by atoms with Crippen molar-refractivity contribution in [3.63, 3.8) is 0 Å². The van der Waals surface area contributed by atoms with Crippen LogP contribution in [0.2, 0.25) is 0 Å². The van der Waals surface area contributed by atoms with E-state index < -0.39 is 24.0 Å². The standard InChI is InChI=1S/C41H50N2O6/c1-41(2,3)30-15-20-33(21-16-30)49-34-19-14-29-22-23-43(37(44)25-27-8-4-5-9-27)38(35(29)26-34)39(45)42-36(40(46)47)24-28-12-17-32(18-13-28)48-31-10-6-7-11-31/h12-21,26-27,31,36,38H,4-11,22-25H2,1-3H3,(H,42,45)(H,46,47)/t36-,38?/m0/s1. The summed E-state index contributed by atoms with van der Waals surface area (Å²) in [6.45, 7) is 6.88. The molecule has 2 N–H and O–H groups in total. The summed E-state index contributed by atoms with van der Waals surface area (Å²) in [7, 11) is 0. The van der Waals surface area contributed by atoms with Gasteiger partial charge in [0.1, 0.15) is 29.3 Å². The number of ether oxygens (including phenoxy) is 2. The SMILES string of the molecule is CC(C)(C)c1ccc(Oc2ccc3c(c2)C(C(=O)N[C@@H](Cc2ccc(OC4CCCC4)cc2)C(=O)O)N(C(=O)CC2CCCC2)CC3)cc1. The Bertz CT molecular complexity index is 1620. The molecule has 2 aliphatic carbocycles. The predicted octanol–water partition coefficient (Wildman–Crippen LogP) is 7.92. The average Bonchev–Trinajstić information content (AvgIpc) is 3.79. The highest BCUT2D eigenvalue weighted by molar-refractivity contribution is 5.92. The molecule has 260 valence electrons. The van der Waals surface area contributed by atoms with Gasteiger partial charge in [0, 0.05) is 19.4 Å². The van der Waals surface area contributed by atoms with Crippen molar-refractivity contribution in [2.24, 2.45) is 5.92 Å². The third-order valence-electron chi connectivity index (χ3n) is 10.4. The van der Waals surface area contributed by atoms with E-state index in [1.807, 2.05) is 54.6 Å². The van der Waals surface area contributed by atoms with E-state index in [0.29, 0.717) is 42.4 Å². The lowest BCUT2D eigenvalue weighted by Crippen LogP contribution is -2.51. The van der Waals surface area contributed by atoms with Gasteiger partial charge in [0.25, 0.3) is 0 Å². The Labute approximate surface area is 290 Å². The van der Waals surface area contributed by atoms with Crippen LogP contribution in [-0.4, -0.2) is 46.5 Å². The highest BCUT2D eigenvalue weighted by Gasteiger charge is 2.38. The quantitative estimate of drug-likeness (QED) is 0.216. The first-order chi connectivity index (χ1) is 23.5. The van der Waals surface area contributed by atoms with E-state index in [2.05, 4.69) is 38.2 Å². The number of carboxylic acid groups (broad SMARTS) is 1. The molecule has 3 aliphatic rings. The van der Waals surface area contributed by atoms with Gasteiger partial charge in [0.2, 0.25) is 11.8 Å². The monoisotopic (exact) mass is 666 g/mol. The molecule has 3 aromatic carbocycles. The van der Waals surface area contributed by atoms with Gasteiger partial charge in [-0.2, -0.15) is 0 Å². The van der Waals surface area contributed by atoms with E-state index >= 15 is 0 Å². The maximum atomic E-state index is 14.2. The number of nitrogens with one attached hydrogen (secondary N) is 1. The minimum absolute atomic E-state index is 0.0140. The van der Waals surface area contributed by atoms with Gasteiger partial charge < -0.3 is 24.8 Å². The van der Waals surface area contributed by atoms with E-state index in [1.54, 1.807) is 4.90 Å². The van der Waals surface area contributed by atoms with Crippen LogP contribution < -0.4 is 14.8 Å². The zero-order valence-corrected chi connectivity index (χ0v) is 29.1. The van der Waals surface area contributed by atoms with Gasteiger partial charge in [-0.05, 0) is 115 Å². The zero-order valence-electron chi connectivity index (χ0n) is 29.1. The number of carbonyl (C=O) groups excluding carboxylic acids is 2. The highest BCUT2D eigenvalue weighted by atomic mass is 16.5. The summed E-state index contributed by atoms with van der Waals surface area (Å²) in [5, 5.41) is 13.0. The molecular weight excluding hydrogens is 616 g/mol. The Kier molecular flexibility index (Phi) is 10.6. The van der Waals surface area contributed by atoms with E-state index in [9.17, 15) is 19.5 Å². The first kappa shape index (κ1) is 34.5. The van der Waals surface area contributed by atoms with E-state index in [-0.39, 0.29) is 23.8 Å². The molecule has 3 aromatic rings. The number of benzene rings is 3. The van der Waals surface area contributed by atoms with Gasteiger partial charge >= 0.3 is 5.97 Å².